The monoisotopic (exact) mass is 324 g/mol. The molecular formula is C17H29ClN4. The fraction of sp³-hybridized carbons (Fsp3) is 0.588. The number of rotatable bonds is 6. The Labute approximate surface area is 139 Å². The lowest BCUT2D eigenvalue weighted by molar-refractivity contribution is 0.432. The first-order valence-corrected chi connectivity index (χ1v) is 8.25. The van der Waals surface area contributed by atoms with Gasteiger partial charge >= 0.3 is 0 Å². The van der Waals surface area contributed by atoms with Gasteiger partial charge in [0, 0.05) is 23.7 Å². The lowest BCUT2D eigenvalue weighted by atomic mass is 10.1. The van der Waals surface area contributed by atoms with Gasteiger partial charge < -0.3 is 16.0 Å². The first-order valence-electron chi connectivity index (χ1n) is 7.87. The van der Waals surface area contributed by atoms with Crippen LogP contribution in [0.15, 0.2) is 29.3 Å². The fourth-order valence-electron chi connectivity index (χ4n) is 1.98. The number of aliphatic imine (C=N–C) groups is 1. The summed E-state index contributed by atoms with van der Waals surface area (Å²) >= 11 is 6.05. The van der Waals surface area contributed by atoms with Crippen molar-refractivity contribution < 1.29 is 0 Å². The van der Waals surface area contributed by atoms with Crippen molar-refractivity contribution in [1.29, 1.82) is 0 Å². The van der Waals surface area contributed by atoms with Crippen LogP contribution in [0.3, 0.4) is 0 Å². The Balaban J connectivity index is 2.59. The van der Waals surface area contributed by atoms with Crippen LogP contribution in [0.1, 0.15) is 46.2 Å². The van der Waals surface area contributed by atoms with Crippen molar-refractivity contribution in [2.24, 2.45) is 4.99 Å². The van der Waals surface area contributed by atoms with E-state index in [2.05, 4.69) is 61.6 Å². The molecule has 3 N–H and O–H groups in total. The molecule has 0 aromatic heterocycles. The van der Waals surface area contributed by atoms with Crippen LogP contribution in [0.25, 0.3) is 0 Å². The molecule has 0 spiro atoms. The van der Waals surface area contributed by atoms with Crippen LogP contribution in [0.2, 0.25) is 5.02 Å². The van der Waals surface area contributed by atoms with Crippen LogP contribution >= 0.6 is 11.6 Å². The SMILES string of the molecule is CCNC(=NCCNC(C)(C)C)NC(C)c1cccc(Cl)c1. The molecule has 0 aliphatic carbocycles. The maximum atomic E-state index is 6.05. The Hall–Kier alpha value is -1.26. The van der Waals surface area contributed by atoms with Crippen molar-refractivity contribution in [3.05, 3.63) is 34.9 Å². The summed E-state index contributed by atoms with van der Waals surface area (Å²) in [7, 11) is 0. The summed E-state index contributed by atoms with van der Waals surface area (Å²) in [5.74, 6) is 0.825. The number of nitrogens with one attached hydrogen (secondary N) is 3. The number of halogens is 1. The number of hydrogen-bond donors (Lipinski definition) is 3. The highest BCUT2D eigenvalue weighted by molar-refractivity contribution is 6.30. The van der Waals surface area contributed by atoms with E-state index in [4.69, 9.17) is 11.6 Å². The quantitative estimate of drug-likeness (QED) is 0.427. The van der Waals surface area contributed by atoms with Crippen LogP contribution in [-0.2, 0) is 0 Å². The number of nitrogens with zero attached hydrogens (tertiary/aromatic N) is 1. The fourth-order valence-corrected chi connectivity index (χ4v) is 2.18. The zero-order valence-electron chi connectivity index (χ0n) is 14.3. The highest BCUT2D eigenvalue weighted by Gasteiger charge is 2.09. The molecule has 0 radical (unpaired) electrons. The Morgan fingerprint density at radius 2 is 2.05 bits per heavy atom. The van der Waals surface area contributed by atoms with E-state index in [0.29, 0.717) is 0 Å². The van der Waals surface area contributed by atoms with Gasteiger partial charge in [0.05, 0.1) is 12.6 Å². The van der Waals surface area contributed by atoms with Crippen LogP contribution in [-0.4, -0.2) is 31.1 Å². The highest BCUT2D eigenvalue weighted by Crippen LogP contribution is 2.17. The van der Waals surface area contributed by atoms with Gasteiger partial charge in [-0.25, -0.2) is 0 Å². The largest absolute Gasteiger partial charge is 0.357 e. The molecule has 4 nitrogen and oxygen atoms in total. The molecule has 0 saturated heterocycles. The molecule has 1 aromatic rings. The molecule has 1 aromatic carbocycles. The predicted octanol–water partition coefficient (Wildman–Crippen LogP) is 3.34. The van der Waals surface area contributed by atoms with Crippen molar-refractivity contribution in [1.82, 2.24) is 16.0 Å². The second-order valence-electron chi connectivity index (χ2n) is 6.36. The molecule has 1 unspecified atom stereocenters. The van der Waals surface area contributed by atoms with Crippen LogP contribution in [0.5, 0.6) is 0 Å². The first-order chi connectivity index (χ1) is 10.3. The Morgan fingerprint density at radius 1 is 1.32 bits per heavy atom. The summed E-state index contributed by atoms with van der Waals surface area (Å²) in [6, 6.07) is 8.03. The van der Waals surface area contributed by atoms with Crippen molar-refractivity contribution in [2.45, 2.75) is 46.2 Å². The van der Waals surface area contributed by atoms with E-state index in [1.54, 1.807) is 0 Å². The lowest BCUT2D eigenvalue weighted by Crippen LogP contribution is -2.40. The van der Waals surface area contributed by atoms with Crippen molar-refractivity contribution >= 4 is 17.6 Å². The van der Waals surface area contributed by atoms with Gasteiger partial charge in [-0.2, -0.15) is 0 Å². The van der Waals surface area contributed by atoms with E-state index in [1.807, 2.05) is 18.2 Å². The van der Waals surface area contributed by atoms with Gasteiger partial charge in [-0.1, -0.05) is 23.7 Å². The molecule has 124 valence electrons. The average molecular weight is 325 g/mol. The standard InChI is InChI=1S/C17H29ClN4/c1-6-19-16(20-10-11-21-17(3,4)5)22-13(2)14-8-7-9-15(18)12-14/h7-9,12-13,21H,6,10-11H2,1-5H3,(H2,19,20,22). The summed E-state index contributed by atoms with van der Waals surface area (Å²) in [6.45, 7) is 13.0. The first kappa shape index (κ1) is 18.8. The van der Waals surface area contributed by atoms with Gasteiger partial charge in [-0.15, -0.1) is 0 Å². The molecule has 5 heteroatoms. The van der Waals surface area contributed by atoms with Gasteiger partial charge in [0.25, 0.3) is 0 Å². The van der Waals surface area contributed by atoms with E-state index >= 15 is 0 Å². The highest BCUT2D eigenvalue weighted by atomic mass is 35.5. The Bertz CT molecular complexity index is 480. The van der Waals surface area contributed by atoms with Gasteiger partial charge in [0.2, 0.25) is 0 Å². The number of hydrogen-bond acceptors (Lipinski definition) is 2. The second-order valence-corrected chi connectivity index (χ2v) is 6.79. The molecule has 0 heterocycles. The lowest BCUT2D eigenvalue weighted by Gasteiger charge is -2.21. The van der Waals surface area contributed by atoms with Crippen LogP contribution in [0, 0.1) is 0 Å². The summed E-state index contributed by atoms with van der Waals surface area (Å²) in [5, 5.41) is 10.9. The third-order valence-electron chi connectivity index (χ3n) is 3.08. The van der Waals surface area contributed by atoms with E-state index < -0.39 is 0 Å². The van der Waals surface area contributed by atoms with Crippen molar-refractivity contribution in [3.8, 4) is 0 Å². The second kappa shape index (κ2) is 9.01. The van der Waals surface area contributed by atoms with Gasteiger partial charge in [-0.3, -0.25) is 4.99 Å². The third-order valence-corrected chi connectivity index (χ3v) is 3.32. The summed E-state index contributed by atoms with van der Waals surface area (Å²) in [5.41, 5.74) is 1.26. The van der Waals surface area contributed by atoms with Gasteiger partial charge in [-0.05, 0) is 52.3 Å². The molecule has 0 aliphatic rings. The Morgan fingerprint density at radius 3 is 2.64 bits per heavy atom. The molecule has 1 rings (SSSR count). The molecule has 1 atom stereocenters. The van der Waals surface area contributed by atoms with Crippen molar-refractivity contribution in [3.63, 3.8) is 0 Å². The van der Waals surface area contributed by atoms with Gasteiger partial charge in [0.15, 0.2) is 5.96 Å². The van der Waals surface area contributed by atoms with Crippen LogP contribution < -0.4 is 16.0 Å². The molecular weight excluding hydrogens is 296 g/mol. The van der Waals surface area contributed by atoms with E-state index in [0.717, 1.165) is 36.2 Å². The molecule has 0 bridgehead atoms. The number of benzene rings is 1. The van der Waals surface area contributed by atoms with Gasteiger partial charge in [0.1, 0.15) is 0 Å². The summed E-state index contributed by atoms with van der Waals surface area (Å²) in [4.78, 5) is 4.60. The molecule has 0 aliphatic heterocycles. The Kier molecular flexibility index (Phi) is 7.69. The minimum atomic E-state index is 0.120. The van der Waals surface area contributed by atoms with E-state index in [-0.39, 0.29) is 11.6 Å². The predicted molar refractivity (Wildman–Crippen MR) is 96.7 cm³/mol. The van der Waals surface area contributed by atoms with E-state index in [9.17, 15) is 0 Å². The van der Waals surface area contributed by atoms with E-state index in [1.165, 1.54) is 0 Å². The summed E-state index contributed by atoms with van der Waals surface area (Å²) < 4.78 is 0. The molecule has 0 saturated carbocycles. The smallest absolute Gasteiger partial charge is 0.191 e. The summed E-state index contributed by atoms with van der Waals surface area (Å²) in [6.07, 6.45) is 0. The maximum Gasteiger partial charge on any atom is 0.191 e. The molecule has 0 amide bonds. The zero-order chi connectivity index (χ0) is 16.6. The third kappa shape index (κ3) is 7.66. The number of guanidine groups is 1. The molecule has 22 heavy (non-hydrogen) atoms. The maximum absolute atomic E-state index is 6.05. The van der Waals surface area contributed by atoms with Crippen molar-refractivity contribution in [2.75, 3.05) is 19.6 Å². The minimum Gasteiger partial charge on any atom is -0.357 e. The normalized spacial score (nSPS) is 13.8. The van der Waals surface area contributed by atoms with Crippen LogP contribution in [0.4, 0.5) is 0 Å². The average Bonchev–Trinajstić information content (AvgIpc) is 2.42. The molecule has 0 fully saturated rings. The zero-order valence-corrected chi connectivity index (χ0v) is 15.1. The minimum absolute atomic E-state index is 0.120. The topological polar surface area (TPSA) is 48.5 Å².